The first-order valence-corrected chi connectivity index (χ1v) is 6.73. The molecule has 1 atom stereocenters. The van der Waals surface area contributed by atoms with Crippen LogP contribution in [0.4, 0.5) is 0 Å². The van der Waals surface area contributed by atoms with Gasteiger partial charge in [0.05, 0.1) is 13.2 Å². The molecule has 5 heteroatoms. The molecule has 2 N–H and O–H groups in total. The van der Waals surface area contributed by atoms with Crippen LogP contribution >= 0.6 is 11.8 Å². The number of ether oxygens (including phenoxy) is 1. The number of carbonyl (C=O) groups is 1. The molecule has 1 saturated heterocycles. The number of nitrogens with two attached hydrogens (primary N) is 1. The summed E-state index contributed by atoms with van der Waals surface area (Å²) >= 11 is 1.77. The van der Waals surface area contributed by atoms with Gasteiger partial charge in [0.15, 0.2) is 0 Å². The summed E-state index contributed by atoms with van der Waals surface area (Å²) in [5.41, 5.74) is 5.88. The number of amides is 1. The van der Waals surface area contributed by atoms with Crippen LogP contribution in [0, 0.1) is 0 Å². The van der Waals surface area contributed by atoms with Crippen molar-refractivity contribution in [2.45, 2.75) is 18.9 Å². The molecule has 1 aliphatic rings. The largest absolute Gasteiger partial charge is 0.378 e. The van der Waals surface area contributed by atoms with Gasteiger partial charge >= 0.3 is 0 Å². The SMILES string of the molecule is CSCC[C@H](N)CC(=O)N1CCOCC1. The van der Waals surface area contributed by atoms with Crippen molar-refractivity contribution in [1.29, 1.82) is 0 Å². The molecule has 1 rings (SSSR count). The molecular formula is C10H20N2O2S. The van der Waals surface area contributed by atoms with Gasteiger partial charge in [-0.1, -0.05) is 0 Å². The number of thioether (sulfide) groups is 1. The first kappa shape index (κ1) is 12.8. The molecule has 88 valence electrons. The average molecular weight is 232 g/mol. The van der Waals surface area contributed by atoms with E-state index in [1.807, 2.05) is 4.90 Å². The van der Waals surface area contributed by atoms with Gasteiger partial charge in [-0.25, -0.2) is 0 Å². The van der Waals surface area contributed by atoms with Gasteiger partial charge < -0.3 is 15.4 Å². The molecule has 0 radical (unpaired) electrons. The van der Waals surface area contributed by atoms with Crippen LogP contribution in [0.15, 0.2) is 0 Å². The number of nitrogens with zero attached hydrogens (tertiary/aromatic N) is 1. The molecule has 0 aromatic heterocycles. The molecule has 0 unspecified atom stereocenters. The maximum atomic E-state index is 11.8. The lowest BCUT2D eigenvalue weighted by molar-refractivity contribution is -0.135. The van der Waals surface area contributed by atoms with E-state index in [4.69, 9.17) is 10.5 Å². The molecule has 1 aliphatic heterocycles. The molecule has 1 amide bonds. The zero-order chi connectivity index (χ0) is 11.1. The Balaban J connectivity index is 2.21. The Bertz CT molecular complexity index is 196. The standard InChI is InChI=1S/C10H20N2O2S/c1-15-7-2-9(11)8-10(13)12-3-5-14-6-4-12/h9H,2-8,11H2,1H3/t9-/m0/s1. The van der Waals surface area contributed by atoms with Crippen molar-refractivity contribution in [3.05, 3.63) is 0 Å². The summed E-state index contributed by atoms with van der Waals surface area (Å²) in [6, 6.07) is 0.00722. The zero-order valence-corrected chi connectivity index (χ0v) is 10.1. The third-order valence-corrected chi connectivity index (χ3v) is 3.14. The Kier molecular flexibility index (Phi) is 6.05. The van der Waals surface area contributed by atoms with Gasteiger partial charge in [-0.3, -0.25) is 4.79 Å². The quantitative estimate of drug-likeness (QED) is 0.741. The van der Waals surface area contributed by atoms with Gasteiger partial charge in [-0.2, -0.15) is 11.8 Å². The van der Waals surface area contributed by atoms with Crippen LogP contribution in [0.2, 0.25) is 0 Å². The van der Waals surface area contributed by atoms with Crippen LogP contribution in [0.5, 0.6) is 0 Å². The van der Waals surface area contributed by atoms with Crippen molar-refractivity contribution in [1.82, 2.24) is 4.90 Å². The van der Waals surface area contributed by atoms with Crippen molar-refractivity contribution >= 4 is 17.7 Å². The monoisotopic (exact) mass is 232 g/mol. The summed E-state index contributed by atoms with van der Waals surface area (Å²) < 4.78 is 5.19. The highest BCUT2D eigenvalue weighted by molar-refractivity contribution is 7.98. The predicted molar refractivity (Wildman–Crippen MR) is 63.0 cm³/mol. The summed E-state index contributed by atoms with van der Waals surface area (Å²) in [5.74, 6) is 1.20. The van der Waals surface area contributed by atoms with Gasteiger partial charge in [-0.15, -0.1) is 0 Å². The van der Waals surface area contributed by atoms with E-state index in [0.717, 1.165) is 12.2 Å². The molecule has 0 spiro atoms. The molecule has 1 heterocycles. The van der Waals surface area contributed by atoms with Gasteiger partial charge in [0.2, 0.25) is 5.91 Å². The Morgan fingerprint density at radius 1 is 1.53 bits per heavy atom. The molecule has 4 nitrogen and oxygen atoms in total. The fourth-order valence-electron chi connectivity index (χ4n) is 1.54. The van der Waals surface area contributed by atoms with Crippen LogP contribution < -0.4 is 5.73 Å². The van der Waals surface area contributed by atoms with Crippen molar-refractivity contribution in [3.8, 4) is 0 Å². The minimum absolute atomic E-state index is 0.00722. The van der Waals surface area contributed by atoms with Gasteiger partial charge in [0.1, 0.15) is 0 Å². The topological polar surface area (TPSA) is 55.6 Å². The summed E-state index contributed by atoms with van der Waals surface area (Å²) in [6.45, 7) is 2.75. The second-order valence-electron chi connectivity index (χ2n) is 3.74. The Hall–Kier alpha value is -0.260. The molecule has 0 bridgehead atoms. The van der Waals surface area contributed by atoms with Crippen molar-refractivity contribution in [2.75, 3.05) is 38.3 Å². The van der Waals surface area contributed by atoms with E-state index in [2.05, 4.69) is 6.26 Å². The number of hydrogen-bond donors (Lipinski definition) is 1. The van der Waals surface area contributed by atoms with Crippen molar-refractivity contribution in [3.63, 3.8) is 0 Å². The highest BCUT2D eigenvalue weighted by Gasteiger charge is 2.18. The van der Waals surface area contributed by atoms with E-state index in [0.29, 0.717) is 32.7 Å². The molecule has 0 aromatic carbocycles. The number of carbonyl (C=O) groups excluding carboxylic acids is 1. The second kappa shape index (κ2) is 7.09. The number of hydrogen-bond acceptors (Lipinski definition) is 4. The van der Waals surface area contributed by atoms with Crippen LogP contribution in [-0.4, -0.2) is 55.2 Å². The lowest BCUT2D eigenvalue weighted by Crippen LogP contribution is -2.43. The zero-order valence-electron chi connectivity index (χ0n) is 9.28. The number of morpholine rings is 1. The van der Waals surface area contributed by atoms with E-state index < -0.39 is 0 Å². The van der Waals surface area contributed by atoms with E-state index >= 15 is 0 Å². The summed E-state index contributed by atoms with van der Waals surface area (Å²) in [6.07, 6.45) is 3.44. The van der Waals surface area contributed by atoms with Crippen LogP contribution in [0.3, 0.4) is 0 Å². The van der Waals surface area contributed by atoms with E-state index in [1.54, 1.807) is 11.8 Å². The minimum atomic E-state index is 0.00722. The van der Waals surface area contributed by atoms with Crippen LogP contribution in [0.1, 0.15) is 12.8 Å². The summed E-state index contributed by atoms with van der Waals surface area (Å²) in [5, 5.41) is 0. The Morgan fingerprint density at radius 3 is 2.80 bits per heavy atom. The fraction of sp³-hybridized carbons (Fsp3) is 0.900. The molecule has 0 aliphatic carbocycles. The van der Waals surface area contributed by atoms with E-state index in [-0.39, 0.29) is 11.9 Å². The summed E-state index contributed by atoms with van der Waals surface area (Å²) in [7, 11) is 0. The van der Waals surface area contributed by atoms with Gasteiger partial charge in [0, 0.05) is 25.6 Å². The third-order valence-electron chi connectivity index (χ3n) is 2.49. The molecule has 15 heavy (non-hydrogen) atoms. The summed E-state index contributed by atoms with van der Waals surface area (Å²) in [4.78, 5) is 13.6. The second-order valence-corrected chi connectivity index (χ2v) is 4.72. The van der Waals surface area contributed by atoms with Gasteiger partial charge in [-0.05, 0) is 18.4 Å². The normalized spacial score (nSPS) is 18.9. The first-order chi connectivity index (χ1) is 7.24. The predicted octanol–water partition coefficient (Wildman–Crippen LogP) is 0.316. The van der Waals surface area contributed by atoms with Gasteiger partial charge in [0.25, 0.3) is 0 Å². The molecular weight excluding hydrogens is 212 g/mol. The van der Waals surface area contributed by atoms with Crippen molar-refractivity contribution < 1.29 is 9.53 Å². The van der Waals surface area contributed by atoms with Crippen LogP contribution in [0.25, 0.3) is 0 Å². The number of rotatable bonds is 5. The lowest BCUT2D eigenvalue weighted by Gasteiger charge is -2.27. The van der Waals surface area contributed by atoms with E-state index in [1.165, 1.54) is 0 Å². The van der Waals surface area contributed by atoms with E-state index in [9.17, 15) is 4.79 Å². The smallest absolute Gasteiger partial charge is 0.224 e. The molecule has 0 saturated carbocycles. The molecule has 0 aromatic rings. The Morgan fingerprint density at radius 2 is 2.20 bits per heavy atom. The Labute approximate surface area is 95.5 Å². The fourth-order valence-corrected chi connectivity index (χ4v) is 2.08. The van der Waals surface area contributed by atoms with Crippen molar-refractivity contribution in [2.24, 2.45) is 5.73 Å². The maximum absolute atomic E-state index is 11.8. The highest BCUT2D eigenvalue weighted by atomic mass is 32.2. The van der Waals surface area contributed by atoms with Crippen LogP contribution in [-0.2, 0) is 9.53 Å². The maximum Gasteiger partial charge on any atom is 0.224 e. The lowest BCUT2D eigenvalue weighted by atomic mass is 10.1. The minimum Gasteiger partial charge on any atom is -0.378 e. The highest BCUT2D eigenvalue weighted by Crippen LogP contribution is 2.06. The average Bonchev–Trinajstić information content (AvgIpc) is 2.27. The molecule has 1 fully saturated rings. The first-order valence-electron chi connectivity index (χ1n) is 5.34. The third kappa shape index (κ3) is 4.86.